The van der Waals surface area contributed by atoms with Gasteiger partial charge < -0.3 is 38.4 Å². The predicted octanol–water partition coefficient (Wildman–Crippen LogP) is 10.0. The molecule has 71 heavy (non-hydrogen) atoms. The van der Waals surface area contributed by atoms with E-state index in [1.165, 1.54) is 0 Å². The van der Waals surface area contributed by atoms with Crippen molar-refractivity contribution in [3.05, 3.63) is 118 Å². The largest absolute Gasteiger partial charge is 0.494 e. The minimum Gasteiger partial charge on any atom is -0.494 e. The number of pyridine rings is 4. The Morgan fingerprint density at radius 3 is 1.62 bits per heavy atom. The molecule has 6 aromatic heterocycles. The summed E-state index contributed by atoms with van der Waals surface area (Å²) in [6, 6.07) is 22.2. The quantitative estimate of drug-likeness (QED) is 0.142. The molecule has 0 N–H and O–H groups in total. The van der Waals surface area contributed by atoms with Crippen LogP contribution in [-0.2, 0) is 21.3 Å². The maximum absolute atomic E-state index is 6.50. The number of fused-ring (bicyclic) bond motifs is 4. The average Bonchev–Trinajstić information content (AvgIpc) is 4.04. The van der Waals surface area contributed by atoms with E-state index in [1.54, 1.807) is 30.7 Å². The molecule has 0 radical (unpaired) electrons. The minimum absolute atomic E-state index is 0.706. The van der Waals surface area contributed by atoms with E-state index in [2.05, 4.69) is 88.9 Å². The lowest BCUT2D eigenvalue weighted by Gasteiger charge is -2.30. The molecular formula is C51H50Br2ClN11O5S. The number of hydrogen-bond acceptors (Lipinski definition) is 15. The number of benzene rings is 3. The fourth-order valence-corrected chi connectivity index (χ4v) is 10.6. The van der Waals surface area contributed by atoms with Crippen molar-refractivity contribution in [1.82, 2.24) is 39.3 Å². The van der Waals surface area contributed by atoms with E-state index in [1.807, 2.05) is 103 Å². The van der Waals surface area contributed by atoms with Crippen molar-refractivity contribution in [3.8, 4) is 22.6 Å². The first-order chi connectivity index (χ1) is 34.7. The van der Waals surface area contributed by atoms with Crippen LogP contribution in [0.5, 0.6) is 11.5 Å². The van der Waals surface area contributed by atoms with Gasteiger partial charge in [-0.25, -0.2) is 0 Å². The Morgan fingerprint density at radius 1 is 0.563 bits per heavy atom. The standard InChI is InChI=1S/C24H23N7O2S.C14H15BrN2O2.C13H12BrClN2O/c1-29-14-17(12-26-29)16-3-6-22-27-28-24(31(22)15-16)34-18-4-5-20-19(11-18)23(32-2)21(13-25-20)30-7-9-33-10-8-30;1-18-14-11-8-10(15)2-3-12(11)16-9-13(14)17-4-6-19-7-5-17;14-9-1-2-11-10(7-9)13(15)12(8-16-11)17-3-5-18-6-4-17/h3-6,11-15H,7-10H2,1-2H3;2-3,8-9H,4-7H2,1H3;1-2,7-8H,3-6H2. The number of methoxy groups -OCH3 is 2. The highest BCUT2D eigenvalue weighted by Gasteiger charge is 2.21. The zero-order valence-electron chi connectivity index (χ0n) is 39.3. The summed E-state index contributed by atoms with van der Waals surface area (Å²) in [5.41, 5.74) is 8.68. The Bertz CT molecular complexity index is 3330. The highest BCUT2D eigenvalue weighted by atomic mass is 79.9. The molecule has 16 nitrogen and oxygen atoms in total. The monoisotopic (exact) mass is 1120 g/mol. The second kappa shape index (κ2) is 22.3. The molecule has 0 atom stereocenters. The second-order valence-corrected chi connectivity index (χ2v) is 20.0. The highest BCUT2D eigenvalue weighted by Crippen LogP contribution is 2.40. The normalized spacial score (nSPS) is 15.2. The van der Waals surface area contributed by atoms with Gasteiger partial charge in [-0.15, -0.1) is 10.2 Å². The molecule has 12 rings (SSSR count). The average molecular weight is 1120 g/mol. The molecule has 9 aromatic rings. The van der Waals surface area contributed by atoms with E-state index in [0.29, 0.717) is 13.2 Å². The van der Waals surface area contributed by atoms with Crippen LogP contribution in [0.15, 0.2) is 123 Å². The van der Waals surface area contributed by atoms with Crippen LogP contribution in [0.2, 0.25) is 5.02 Å². The molecule has 3 fully saturated rings. The van der Waals surface area contributed by atoms with Crippen LogP contribution in [0, 0.1) is 0 Å². The van der Waals surface area contributed by atoms with Crippen molar-refractivity contribution < 1.29 is 23.7 Å². The zero-order valence-corrected chi connectivity index (χ0v) is 44.0. The molecular weight excluding hydrogens is 1070 g/mol. The van der Waals surface area contributed by atoms with Crippen molar-refractivity contribution in [3.63, 3.8) is 0 Å². The summed E-state index contributed by atoms with van der Waals surface area (Å²) in [6.07, 6.45) is 11.5. The van der Waals surface area contributed by atoms with Gasteiger partial charge in [0.1, 0.15) is 0 Å². The van der Waals surface area contributed by atoms with Crippen molar-refractivity contribution in [2.75, 3.05) is 108 Å². The summed E-state index contributed by atoms with van der Waals surface area (Å²) < 4.78 is 33.6. The van der Waals surface area contributed by atoms with Crippen LogP contribution in [0.25, 0.3) is 49.5 Å². The van der Waals surface area contributed by atoms with E-state index in [-0.39, 0.29) is 0 Å². The molecule has 0 spiro atoms. The summed E-state index contributed by atoms with van der Waals surface area (Å²) in [4.78, 5) is 21.5. The van der Waals surface area contributed by atoms with Crippen LogP contribution >= 0.6 is 55.2 Å². The molecule has 0 aliphatic carbocycles. The van der Waals surface area contributed by atoms with E-state index in [4.69, 9.17) is 35.3 Å². The van der Waals surface area contributed by atoms with E-state index >= 15 is 0 Å². The third-order valence-electron chi connectivity index (χ3n) is 12.4. The van der Waals surface area contributed by atoms with Crippen LogP contribution in [0.3, 0.4) is 0 Å². The lowest BCUT2D eigenvalue weighted by Crippen LogP contribution is -2.36. The van der Waals surface area contributed by atoms with Gasteiger partial charge in [0.2, 0.25) is 0 Å². The van der Waals surface area contributed by atoms with Gasteiger partial charge >= 0.3 is 0 Å². The van der Waals surface area contributed by atoms with Gasteiger partial charge in [0.25, 0.3) is 0 Å². The topological polar surface area (TPSA) is 143 Å². The summed E-state index contributed by atoms with van der Waals surface area (Å²) >= 11 is 15.0. The van der Waals surface area contributed by atoms with Gasteiger partial charge in [-0.05, 0) is 78.5 Å². The molecule has 3 saturated heterocycles. The van der Waals surface area contributed by atoms with Gasteiger partial charge in [-0.1, -0.05) is 43.5 Å². The first-order valence-corrected chi connectivity index (χ1v) is 25.8. The number of aromatic nitrogens is 8. The SMILES string of the molecule is COc1c(N2CCOCC2)cnc2ccc(Br)cc12.COc1c(N2CCOCC2)cnc2ccc(Sc3nnc4ccc(-c5cnn(C)c5)cn34)cc12.Clc1c(N2CCOCC2)cnc2ccc(Br)cc12. The van der Waals surface area contributed by atoms with Gasteiger partial charge in [-0.2, -0.15) is 5.10 Å². The summed E-state index contributed by atoms with van der Waals surface area (Å²) in [5, 5.41) is 17.6. The molecule has 0 bridgehead atoms. The van der Waals surface area contributed by atoms with Crippen molar-refractivity contribution in [2.24, 2.45) is 7.05 Å². The summed E-state index contributed by atoms with van der Waals surface area (Å²) in [7, 11) is 5.33. The van der Waals surface area contributed by atoms with Gasteiger partial charge in [-0.3, -0.25) is 24.0 Å². The third kappa shape index (κ3) is 10.9. The molecule has 0 saturated carbocycles. The summed E-state index contributed by atoms with van der Waals surface area (Å²) in [5.74, 6) is 1.72. The maximum Gasteiger partial charge on any atom is 0.200 e. The molecule has 20 heteroatoms. The van der Waals surface area contributed by atoms with Crippen LogP contribution in [-0.4, -0.2) is 132 Å². The van der Waals surface area contributed by atoms with Gasteiger partial charge in [0.05, 0.1) is 117 Å². The number of nitrogens with zero attached hydrogens (tertiary/aromatic N) is 11. The number of morpholine rings is 3. The number of ether oxygens (including phenoxy) is 5. The molecule has 9 heterocycles. The number of hydrogen-bond donors (Lipinski definition) is 0. The smallest absolute Gasteiger partial charge is 0.200 e. The molecule has 366 valence electrons. The molecule has 3 aliphatic heterocycles. The number of anilines is 3. The Kier molecular flexibility index (Phi) is 15.3. The molecule has 0 unspecified atom stereocenters. The third-order valence-corrected chi connectivity index (χ3v) is 14.7. The second-order valence-electron chi connectivity index (χ2n) is 16.7. The number of aryl methyl sites for hydroxylation is 1. The van der Waals surface area contributed by atoms with Crippen LogP contribution in [0.1, 0.15) is 0 Å². The van der Waals surface area contributed by atoms with Crippen molar-refractivity contribution in [2.45, 2.75) is 10.1 Å². The zero-order chi connectivity index (χ0) is 48.8. The predicted molar refractivity (Wildman–Crippen MR) is 287 cm³/mol. The first kappa shape index (κ1) is 48.8. The fraction of sp³-hybridized carbons (Fsp3) is 0.294. The van der Waals surface area contributed by atoms with E-state index in [9.17, 15) is 0 Å². The van der Waals surface area contributed by atoms with E-state index < -0.39 is 0 Å². The highest BCUT2D eigenvalue weighted by molar-refractivity contribution is 9.10. The molecule has 0 amide bonds. The lowest BCUT2D eigenvalue weighted by molar-refractivity contribution is 0.122. The fourth-order valence-electron chi connectivity index (χ4n) is 8.75. The van der Waals surface area contributed by atoms with Gasteiger partial charge in [0.15, 0.2) is 22.3 Å². The minimum atomic E-state index is 0.706. The maximum atomic E-state index is 6.50. The van der Waals surface area contributed by atoms with Crippen LogP contribution < -0.4 is 24.2 Å². The lowest BCUT2D eigenvalue weighted by atomic mass is 10.1. The van der Waals surface area contributed by atoms with Crippen molar-refractivity contribution in [1.29, 1.82) is 0 Å². The van der Waals surface area contributed by atoms with Crippen LogP contribution in [0.4, 0.5) is 17.1 Å². The Balaban J connectivity index is 0.000000133. The van der Waals surface area contributed by atoms with Crippen molar-refractivity contribution >= 4 is 111 Å². The Hall–Kier alpha value is -5.80. The number of halogens is 3. The summed E-state index contributed by atoms with van der Waals surface area (Å²) in [6.45, 7) is 9.51. The van der Waals surface area contributed by atoms with E-state index in [0.717, 1.165) is 168 Å². The molecule has 3 aromatic carbocycles. The first-order valence-electron chi connectivity index (χ1n) is 23.1. The molecule has 3 aliphatic rings. The Labute approximate surface area is 436 Å². The Morgan fingerprint density at radius 2 is 1.07 bits per heavy atom. The number of rotatable bonds is 8. The van der Waals surface area contributed by atoms with Gasteiger partial charge in [0, 0.05) is 99.8 Å².